The fourth-order valence-corrected chi connectivity index (χ4v) is 3.08. The average Bonchev–Trinajstić information content (AvgIpc) is 3.46. The Morgan fingerprint density at radius 2 is 1.50 bits per heavy atom. The quantitative estimate of drug-likeness (QED) is 0.724. The maximum Gasteiger partial charge on any atom is 0.303 e. The van der Waals surface area contributed by atoms with Gasteiger partial charge in [0.1, 0.15) is 0 Å². The number of rotatable bonds is 6. The predicted molar refractivity (Wildman–Crippen MR) is 113 cm³/mol. The number of nitrogens with one attached hydrogen (secondary N) is 1. The van der Waals surface area contributed by atoms with E-state index in [9.17, 15) is 14.4 Å². The molecule has 2 N–H and O–H groups in total. The van der Waals surface area contributed by atoms with Crippen molar-refractivity contribution >= 4 is 47.1 Å². The molecule has 1 aromatic rings. The molecule has 0 aromatic carbocycles. The standard InChI is InChI=1S/C22H16N4O4/c27-20-6-4-15(25-20)10-14-2-3-17(23-14)12-19-13(1-8-22(29)30)9-18(24-19)11-16-5-7-21(28)26-16/h2-7,9-12,24H,1,8H2,(H,29,30)/b14-10-,18-11?,19-12-. The van der Waals surface area contributed by atoms with Gasteiger partial charge in [-0.15, -0.1) is 0 Å². The van der Waals surface area contributed by atoms with Crippen molar-refractivity contribution in [2.24, 2.45) is 15.0 Å². The van der Waals surface area contributed by atoms with E-state index in [4.69, 9.17) is 5.11 Å². The van der Waals surface area contributed by atoms with Gasteiger partial charge in [0.05, 0.1) is 22.8 Å². The highest BCUT2D eigenvalue weighted by Gasteiger charge is 2.09. The molecular formula is C22H16N4O4. The van der Waals surface area contributed by atoms with E-state index in [0.29, 0.717) is 34.6 Å². The van der Waals surface area contributed by atoms with E-state index in [1.54, 1.807) is 24.3 Å². The van der Waals surface area contributed by atoms with E-state index >= 15 is 0 Å². The van der Waals surface area contributed by atoms with Crippen molar-refractivity contribution in [1.82, 2.24) is 4.98 Å². The van der Waals surface area contributed by atoms with Gasteiger partial charge in [0.15, 0.2) is 0 Å². The second-order valence-electron chi connectivity index (χ2n) is 6.70. The summed E-state index contributed by atoms with van der Waals surface area (Å²) in [5, 5.41) is 10.5. The summed E-state index contributed by atoms with van der Waals surface area (Å²) < 4.78 is 0. The number of allylic oxidation sites excluding steroid dienone is 5. The number of H-pyrrole nitrogens is 1. The van der Waals surface area contributed by atoms with E-state index in [0.717, 1.165) is 10.9 Å². The fourth-order valence-electron chi connectivity index (χ4n) is 3.08. The first-order valence-corrected chi connectivity index (χ1v) is 9.18. The number of amides is 2. The normalized spacial score (nSPS) is 20.0. The Balaban J connectivity index is 1.67. The molecule has 8 heteroatoms. The predicted octanol–water partition coefficient (Wildman–Crippen LogP) is 0.562. The minimum absolute atomic E-state index is 0.00881. The lowest BCUT2D eigenvalue weighted by atomic mass is 10.1. The largest absolute Gasteiger partial charge is 0.481 e. The van der Waals surface area contributed by atoms with E-state index in [2.05, 4.69) is 20.0 Å². The van der Waals surface area contributed by atoms with Crippen LogP contribution in [0.25, 0.3) is 12.2 Å². The third-order valence-electron chi connectivity index (χ3n) is 4.41. The van der Waals surface area contributed by atoms with Gasteiger partial charge in [-0.25, -0.2) is 15.0 Å². The number of aliphatic carboxylic acids is 1. The van der Waals surface area contributed by atoms with E-state index in [1.807, 2.05) is 24.3 Å². The van der Waals surface area contributed by atoms with Gasteiger partial charge < -0.3 is 10.1 Å². The minimum atomic E-state index is -0.885. The van der Waals surface area contributed by atoms with Crippen LogP contribution in [0.15, 0.2) is 69.3 Å². The topological polar surface area (TPSA) is 124 Å². The zero-order valence-electron chi connectivity index (χ0n) is 15.7. The number of carbonyl (C=O) groups excluding carboxylic acids is 2. The van der Waals surface area contributed by atoms with Gasteiger partial charge in [0.2, 0.25) is 0 Å². The lowest BCUT2D eigenvalue weighted by molar-refractivity contribution is -0.137. The molecule has 0 saturated heterocycles. The first kappa shape index (κ1) is 19.1. The lowest BCUT2D eigenvalue weighted by Gasteiger charge is -1.94. The molecule has 1 aromatic heterocycles. The van der Waals surface area contributed by atoms with Crippen molar-refractivity contribution in [3.05, 3.63) is 70.6 Å². The summed E-state index contributed by atoms with van der Waals surface area (Å²) >= 11 is 0. The Morgan fingerprint density at radius 1 is 0.867 bits per heavy atom. The van der Waals surface area contributed by atoms with Crippen LogP contribution in [0.5, 0.6) is 0 Å². The van der Waals surface area contributed by atoms with Crippen molar-refractivity contribution in [2.75, 3.05) is 0 Å². The summed E-state index contributed by atoms with van der Waals surface area (Å²) in [5.41, 5.74) is 3.23. The van der Waals surface area contributed by atoms with E-state index in [1.165, 1.54) is 12.2 Å². The maximum atomic E-state index is 11.3. The highest BCUT2D eigenvalue weighted by molar-refractivity contribution is 6.26. The Hall–Kier alpha value is -4.20. The zero-order chi connectivity index (χ0) is 21.1. The van der Waals surface area contributed by atoms with Crippen LogP contribution in [-0.2, 0) is 20.8 Å². The number of carboxylic acids is 1. The molecule has 3 aliphatic heterocycles. The van der Waals surface area contributed by atoms with E-state index in [-0.39, 0.29) is 18.2 Å². The molecule has 0 radical (unpaired) electrons. The molecule has 0 unspecified atom stereocenters. The fraction of sp³-hybridized carbons (Fsp3) is 0.0909. The number of hydrogen-bond donors (Lipinski definition) is 2. The van der Waals surface area contributed by atoms with Crippen molar-refractivity contribution < 1.29 is 19.5 Å². The molecule has 8 nitrogen and oxygen atoms in total. The molecule has 0 saturated carbocycles. The van der Waals surface area contributed by atoms with Gasteiger partial charge in [0, 0.05) is 29.3 Å². The monoisotopic (exact) mass is 400 g/mol. The summed E-state index contributed by atoms with van der Waals surface area (Å²) in [6, 6.07) is 1.84. The second-order valence-corrected chi connectivity index (χ2v) is 6.70. The van der Waals surface area contributed by atoms with Crippen molar-refractivity contribution in [3.63, 3.8) is 0 Å². The van der Waals surface area contributed by atoms with Gasteiger partial charge in [-0.2, -0.15) is 0 Å². The van der Waals surface area contributed by atoms with Crippen LogP contribution in [0.1, 0.15) is 12.0 Å². The molecule has 148 valence electrons. The molecule has 0 fully saturated rings. The summed E-state index contributed by atoms with van der Waals surface area (Å²) in [6.07, 6.45) is 15.2. The minimum Gasteiger partial charge on any atom is -0.481 e. The number of aliphatic imine (C=N–C) groups is 3. The average molecular weight is 400 g/mol. The molecule has 0 spiro atoms. The van der Waals surface area contributed by atoms with Crippen LogP contribution in [0.3, 0.4) is 0 Å². The van der Waals surface area contributed by atoms with Crippen LogP contribution >= 0.6 is 0 Å². The number of carboxylic acid groups (broad SMARTS) is 1. The summed E-state index contributed by atoms with van der Waals surface area (Å²) in [7, 11) is 0. The third-order valence-corrected chi connectivity index (χ3v) is 4.41. The molecule has 3 aliphatic rings. The Labute approximate surface area is 170 Å². The van der Waals surface area contributed by atoms with Gasteiger partial charge >= 0.3 is 5.97 Å². The Kier molecular flexibility index (Phi) is 5.13. The van der Waals surface area contributed by atoms with Gasteiger partial charge in [0.25, 0.3) is 11.8 Å². The maximum absolute atomic E-state index is 11.3. The van der Waals surface area contributed by atoms with Crippen LogP contribution < -0.4 is 10.7 Å². The van der Waals surface area contributed by atoms with Crippen LogP contribution in [-0.4, -0.2) is 45.0 Å². The molecule has 0 bridgehead atoms. The van der Waals surface area contributed by atoms with Crippen LogP contribution in [0.4, 0.5) is 0 Å². The highest BCUT2D eigenvalue weighted by Crippen LogP contribution is 2.11. The van der Waals surface area contributed by atoms with Gasteiger partial charge in [-0.1, -0.05) is 0 Å². The molecular weight excluding hydrogens is 384 g/mol. The number of aryl methyl sites for hydroxylation is 1. The molecule has 0 aliphatic carbocycles. The molecule has 4 rings (SSSR count). The van der Waals surface area contributed by atoms with Crippen molar-refractivity contribution in [2.45, 2.75) is 12.8 Å². The first-order chi connectivity index (χ1) is 14.4. The number of carbonyl (C=O) groups is 3. The van der Waals surface area contributed by atoms with Crippen molar-refractivity contribution in [3.8, 4) is 0 Å². The highest BCUT2D eigenvalue weighted by atomic mass is 16.4. The summed E-state index contributed by atoms with van der Waals surface area (Å²) in [5.74, 6) is -1.48. The molecule has 4 heterocycles. The Bertz CT molecular complexity index is 1300. The molecule has 0 atom stereocenters. The lowest BCUT2D eigenvalue weighted by Crippen LogP contribution is -2.15. The SMILES string of the molecule is O=C(O)CCc1cc(=CC2=NC(=O)C=C2)[nH]/c1=C\C1=NC(=C\C2=NC(=O)C=C2)/C=C1. The van der Waals surface area contributed by atoms with Crippen LogP contribution in [0.2, 0.25) is 0 Å². The molecule has 30 heavy (non-hydrogen) atoms. The summed E-state index contributed by atoms with van der Waals surface area (Å²) in [6.45, 7) is 0. The zero-order valence-corrected chi connectivity index (χ0v) is 15.7. The number of aromatic amines is 1. The number of nitrogens with zero attached hydrogens (tertiary/aromatic N) is 3. The van der Waals surface area contributed by atoms with Gasteiger partial charge in [-0.05, 0) is 60.6 Å². The second kappa shape index (κ2) is 8.04. The smallest absolute Gasteiger partial charge is 0.303 e. The van der Waals surface area contributed by atoms with Gasteiger partial charge in [-0.3, -0.25) is 14.4 Å². The van der Waals surface area contributed by atoms with E-state index < -0.39 is 5.97 Å². The number of hydrogen-bond acceptors (Lipinski definition) is 4. The number of aromatic nitrogens is 1. The first-order valence-electron chi connectivity index (χ1n) is 9.18. The summed E-state index contributed by atoms with van der Waals surface area (Å²) in [4.78, 5) is 48.9. The molecule has 2 amide bonds. The van der Waals surface area contributed by atoms with Crippen LogP contribution in [0, 0.1) is 0 Å². The Morgan fingerprint density at radius 3 is 2.13 bits per heavy atom. The van der Waals surface area contributed by atoms with Crippen molar-refractivity contribution in [1.29, 1.82) is 0 Å². The third kappa shape index (κ3) is 4.61.